The number of hydrogen-bond donors (Lipinski definition) is 1. The number of pyridine rings is 1. The van der Waals surface area contributed by atoms with Crippen LogP contribution in [0, 0.1) is 12.7 Å². The van der Waals surface area contributed by atoms with Crippen LogP contribution in [0.5, 0.6) is 23.0 Å². The van der Waals surface area contributed by atoms with Crippen LogP contribution in [0.25, 0.3) is 21.5 Å². The summed E-state index contributed by atoms with van der Waals surface area (Å²) in [4.78, 5) is 14.5. The Hall–Kier alpha value is -4.17. The molecule has 240 valence electrons. The summed E-state index contributed by atoms with van der Waals surface area (Å²) in [6.45, 7) is 4.14. The Balaban J connectivity index is 1.43. The molecule has 46 heavy (non-hydrogen) atoms. The lowest BCUT2D eigenvalue weighted by atomic mass is 9.89. The van der Waals surface area contributed by atoms with Gasteiger partial charge in [-0.1, -0.05) is 46.4 Å². The molecule has 1 atom stereocenters. The molecule has 3 heterocycles. The van der Waals surface area contributed by atoms with E-state index in [1.54, 1.807) is 36.4 Å². The van der Waals surface area contributed by atoms with Crippen molar-refractivity contribution in [3.8, 4) is 34.3 Å². The van der Waals surface area contributed by atoms with Gasteiger partial charge in [-0.3, -0.25) is 0 Å². The highest BCUT2D eigenvalue weighted by molar-refractivity contribution is 7.18. The average Bonchev–Trinajstić information content (AvgIpc) is 3.53. The van der Waals surface area contributed by atoms with Gasteiger partial charge in [-0.25, -0.2) is 14.4 Å². The molecule has 0 amide bonds. The molecule has 5 aromatic rings. The Morgan fingerprint density at radius 2 is 1.83 bits per heavy atom. The zero-order chi connectivity index (χ0) is 33.0. The van der Waals surface area contributed by atoms with E-state index in [4.69, 9.17) is 21.2 Å². The predicted molar refractivity (Wildman–Crippen MR) is 164 cm³/mol. The van der Waals surface area contributed by atoms with Crippen molar-refractivity contribution in [3.05, 3.63) is 93.3 Å². The Bertz CT molecular complexity index is 1940. The maximum absolute atomic E-state index is 16.1. The van der Waals surface area contributed by atoms with Crippen molar-refractivity contribution >= 4 is 33.2 Å². The van der Waals surface area contributed by atoms with Crippen LogP contribution in [-0.2, 0) is 5.60 Å². The number of hydroxylamine groups is 1. The third-order valence-electron chi connectivity index (χ3n) is 7.25. The van der Waals surface area contributed by atoms with E-state index >= 15 is 8.87 Å². The first-order valence-corrected chi connectivity index (χ1v) is 15.1. The lowest BCUT2D eigenvalue weighted by Crippen LogP contribution is -2.27. The van der Waals surface area contributed by atoms with Gasteiger partial charge in [0.05, 0.1) is 39.7 Å². The van der Waals surface area contributed by atoms with Crippen LogP contribution in [0.2, 0.25) is 5.02 Å². The van der Waals surface area contributed by atoms with E-state index in [2.05, 4.69) is 19.4 Å². The normalized spacial score (nSPS) is 14.6. The van der Waals surface area contributed by atoms with E-state index in [0.717, 1.165) is 15.8 Å². The summed E-state index contributed by atoms with van der Waals surface area (Å²) in [7, 11) is 1.47. The summed E-state index contributed by atoms with van der Waals surface area (Å²) in [5.74, 6) is -2.12. The summed E-state index contributed by atoms with van der Waals surface area (Å²) >= 11 is 7.83. The van der Waals surface area contributed by atoms with Crippen LogP contribution in [-0.4, -0.2) is 40.3 Å². The molecule has 0 aliphatic carbocycles. The fourth-order valence-corrected chi connectivity index (χ4v) is 6.32. The molecule has 6 rings (SSSR count). The van der Waals surface area contributed by atoms with Gasteiger partial charge in [-0.2, -0.15) is 0 Å². The van der Waals surface area contributed by atoms with Gasteiger partial charge < -0.3 is 24.2 Å². The summed E-state index contributed by atoms with van der Waals surface area (Å²) in [5.41, 5.74) is -1.05. The Morgan fingerprint density at radius 3 is 2.52 bits per heavy atom. The zero-order valence-electron chi connectivity index (χ0n) is 24.8. The minimum absolute atomic E-state index is 0.105. The fraction of sp³-hybridized carbons (Fsp3) is 0.250. The number of hydrogen-bond acceptors (Lipinski definition) is 9. The van der Waals surface area contributed by atoms with Gasteiger partial charge in [0.2, 0.25) is 0 Å². The molecule has 1 aliphatic heterocycles. The van der Waals surface area contributed by atoms with E-state index < -0.39 is 35.9 Å². The first kappa shape index (κ1) is 31.8. The number of alkyl halides is 2. The number of aliphatic hydroxyl groups is 1. The molecular formula is C32H26ClF4N3O5S. The van der Waals surface area contributed by atoms with Gasteiger partial charge in [-0.05, 0) is 44.5 Å². The van der Waals surface area contributed by atoms with Crippen molar-refractivity contribution in [2.24, 2.45) is 0 Å². The maximum atomic E-state index is 16.1. The molecule has 0 saturated carbocycles. The highest BCUT2D eigenvalue weighted by Crippen LogP contribution is 2.50. The lowest BCUT2D eigenvalue weighted by Gasteiger charge is -2.25. The Labute approximate surface area is 269 Å². The summed E-state index contributed by atoms with van der Waals surface area (Å²) < 4.78 is 74.7. The van der Waals surface area contributed by atoms with Crippen molar-refractivity contribution in [2.75, 3.05) is 13.7 Å². The third-order valence-corrected chi connectivity index (χ3v) is 8.55. The van der Waals surface area contributed by atoms with Gasteiger partial charge in [-0.15, -0.1) is 20.1 Å². The van der Waals surface area contributed by atoms with Crippen molar-refractivity contribution in [2.45, 2.75) is 38.6 Å². The summed E-state index contributed by atoms with van der Waals surface area (Å²) in [5, 5.41) is 11.5. The number of thiazole rings is 1. The second-order valence-electron chi connectivity index (χ2n) is 11.0. The molecule has 3 aromatic carbocycles. The van der Waals surface area contributed by atoms with Crippen LogP contribution in [0.15, 0.2) is 60.7 Å². The number of fused-ring (bicyclic) bond motifs is 2. The van der Waals surface area contributed by atoms with Gasteiger partial charge >= 0.3 is 6.29 Å². The van der Waals surface area contributed by atoms with Crippen LogP contribution in [0.1, 0.15) is 41.6 Å². The van der Waals surface area contributed by atoms with E-state index in [1.807, 2.05) is 6.92 Å². The van der Waals surface area contributed by atoms with Crippen molar-refractivity contribution in [3.63, 3.8) is 0 Å². The SMILES string of the molecule is COc1cc(ON(F)CC(c2ccccc2)c2cc(C(C)(C)O)c(F)c(-c3ccc4c(c3Cl)OC(F)(F)O4)n2)cc2sc(C)nc12. The number of halogens is 5. The standard InChI is InChI=1S/C32H26ClF4N3O5S/c1-16-38-29-24(42-4)12-18(13-25(29)46-16)45-40(37)15-20(17-8-6-5-7-9-17)22-14-21(31(2,3)41)27(34)28(39-22)19-10-11-23-30(26(19)33)44-32(35,36)43-23/h5-14,20,41H,15H2,1-4H3. The Morgan fingerprint density at radius 1 is 1.09 bits per heavy atom. The molecule has 2 aromatic heterocycles. The number of rotatable bonds is 9. The van der Waals surface area contributed by atoms with E-state index in [9.17, 15) is 13.9 Å². The van der Waals surface area contributed by atoms with Gasteiger partial charge in [0.1, 0.15) is 17.0 Å². The molecule has 1 N–H and O–H groups in total. The molecular weight excluding hydrogens is 650 g/mol. The number of benzene rings is 3. The minimum Gasteiger partial charge on any atom is -0.494 e. The first-order valence-electron chi connectivity index (χ1n) is 13.9. The van der Waals surface area contributed by atoms with Crippen LogP contribution in [0.4, 0.5) is 17.7 Å². The molecule has 0 bridgehead atoms. The van der Waals surface area contributed by atoms with Crippen molar-refractivity contribution < 1.29 is 41.8 Å². The van der Waals surface area contributed by atoms with Gasteiger partial charge in [0.25, 0.3) is 0 Å². The molecule has 1 aliphatic rings. The lowest BCUT2D eigenvalue weighted by molar-refractivity contribution is -0.286. The molecule has 8 nitrogen and oxygen atoms in total. The molecule has 14 heteroatoms. The number of aryl methyl sites for hydroxylation is 1. The van der Waals surface area contributed by atoms with Crippen LogP contribution < -0.4 is 19.0 Å². The quantitative estimate of drug-likeness (QED) is 0.0949. The van der Waals surface area contributed by atoms with Crippen LogP contribution in [0.3, 0.4) is 0 Å². The molecule has 0 radical (unpaired) electrons. The Kier molecular flexibility index (Phi) is 8.21. The molecule has 0 fully saturated rings. The second-order valence-corrected chi connectivity index (χ2v) is 12.6. The summed E-state index contributed by atoms with van der Waals surface area (Å²) in [6, 6.07) is 15.6. The zero-order valence-corrected chi connectivity index (χ0v) is 26.4. The van der Waals surface area contributed by atoms with E-state index in [-0.39, 0.29) is 44.3 Å². The van der Waals surface area contributed by atoms with E-state index in [0.29, 0.717) is 16.8 Å². The second kappa shape index (κ2) is 11.9. The minimum atomic E-state index is -3.97. The third kappa shape index (κ3) is 6.15. The average molecular weight is 676 g/mol. The summed E-state index contributed by atoms with van der Waals surface area (Å²) in [6.07, 6.45) is -3.97. The highest BCUT2D eigenvalue weighted by Gasteiger charge is 2.45. The van der Waals surface area contributed by atoms with Crippen molar-refractivity contribution in [1.29, 1.82) is 0 Å². The maximum Gasteiger partial charge on any atom is 0.586 e. The molecule has 1 unspecified atom stereocenters. The number of aromatic nitrogens is 2. The largest absolute Gasteiger partial charge is 0.586 e. The van der Waals surface area contributed by atoms with E-state index in [1.165, 1.54) is 50.5 Å². The monoisotopic (exact) mass is 675 g/mol. The highest BCUT2D eigenvalue weighted by atomic mass is 35.5. The smallest absolute Gasteiger partial charge is 0.494 e. The van der Waals surface area contributed by atoms with Gasteiger partial charge in [0, 0.05) is 34.5 Å². The molecule has 0 saturated heterocycles. The predicted octanol–water partition coefficient (Wildman–Crippen LogP) is 8.33. The van der Waals surface area contributed by atoms with Crippen molar-refractivity contribution in [1.82, 2.24) is 15.3 Å². The van der Waals surface area contributed by atoms with Crippen LogP contribution >= 0.6 is 22.9 Å². The number of ether oxygens (including phenoxy) is 3. The number of nitrogens with zero attached hydrogens (tertiary/aromatic N) is 3. The molecule has 0 spiro atoms. The topological polar surface area (TPSA) is 86.2 Å². The number of methoxy groups -OCH3 is 1. The first-order chi connectivity index (χ1) is 21.7. The van der Waals surface area contributed by atoms with Gasteiger partial charge in [0.15, 0.2) is 23.1 Å². The fourth-order valence-electron chi connectivity index (χ4n) is 5.16.